The highest BCUT2D eigenvalue weighted by Crippen LogP contribution is 2.51. The predicted molar refractivity (Wildman–Crippen MR) is 175 cm³/mol. The molecule has 4 nitrogen and oxygen atoms in total. The highest BCUT2D eigenvalue weighted by Gasteiger charge is 2.26. The van der Waals surface area contributed by atoms with Crippen molar-refractivity contribution in [1.82, 2.24) is 0 Å². The van der Waals surface area contributed by atoms with Crippen molar-refractivity contribution in [2.75, 3.05) is 24.0 Å². The van der Waals surface area contributed by atoms with Gasteiger partial charge in [-0.05, 0) is 104 Å². The molecule has 2 aliphatic rings. The second-order valence-electron chi connectivity index (χ2n) is 10.4. The third-order valence-corrected chi connectivity index (χ3v) is 7.53. The van der Waals surface area contributed by atoms with Gasteiger partial charge in [-0.25, -0.2) is 0 Å². The summed E-state index contributed by atoms with van der Waals surface area (Å²) in [6.45, 7) is 4.26. The molecule has 4 aromatic rings. The number of anilines is 6. The summed E-state index contributed by atoms with van der Waals surface area (Å²) in [7, 11) is 3.40. The van der Waals surface area contributed by atoms with Crippen molar-refractivity contribution < 1.29 is 9.47 Å². The molecule has 0 saturated heterocycles. The first-order valence-electron chi connectivity index (χ1n) is 14.1. The maximum Gasteiger partial charge on any atom is 0.119 e. The molecule has 0 heterocycles. The van der Waals surface area contributed by atoms with Crippen molar-refractivity contribution in [3.63, 3.8) is 0 Å². The Labute approximate surface area is 248 Å². The molecule has 0 spiro atoms. The van der Waals surface area contributed by atoms with Gasteiger partial charge in [-0.15, -0.1) is 0 Å². The van der Waals surface area contributed by atoms with Crippen LogP contribution in [0.15, 0.2) is 133 Å². The minimum Gasteiger partial charge on any atom is -0.497 e. The normalized spacial score (nSPS) is 10.9. The van der Waals surface area contributed by atoms with E-state index in [-0.39, 0.29) is 0 Å². The number of aryl methyl sites for hydroxylation is 2. The predicted octanol–water partition coefficient (Wildman–Crippen LogP) is 10.4. The fourth-order valence-electron chi connectivity index (χ4n) is 5.50. The lowest BCUT2D eigenvalue weighted by Crippen LogP contribution is -2.11. The van der Waals surface area contributed by atoms with Crippen LogP contribution in [0.1, 0.15) is 11.1 Å². The van der Waals surface area contributed by atoms with Crippen molar-refractivity contribution in [2.45, 2.75) is 13.8 Å². The van der Waals surface area contributed by atoms with Crippen molar-refractivity contribution in [1.29, 1.82) is 0 Å². The first-order chi connectivity index (χ1) is 20.6. The molecule has 0 unspecified atom stereocenters. The van der Waals surface area contributed by atoms with E-state index in [0.717, 1.165) is 56.8 Å². The minimum absolute atomic E-state index is 0.826. The molecule has 208 valence electrons. The summed E-state index contributed by atoms with van der Waals surface area (Å²) in [5, 5.41) is 0. The number of fused-ring (bicyclic) bond motifs is 1. The number of nitrogens with zero attached hydrogens (tertiary/aromatic N) is 2. The summed E-state index contributed by atoms with van der Waals surface area (Å²) in [4.78, 5) is 4.67. The molecular formula is C38H34N2O2. The molecule has 0 radical (unpaired) electrons. The number of hydrogen-bond donors (Lipinski definition) is 0. The Morgan fingerprint density at radius 2 is 0.833 bits per heavy atom. The van der Waals surface area contributed by atoms with Gasteiger partial charge in [0.15, 0.2) is 0 Å². The highest BCUT2D eigenvalue weighted by molar-refractivity contribution is 6.01. The third-order valence-electron chi connectivity index (χ3n) is 7.53. The number of ether oxygens (including phenoxy) is 2. The smallest absolute Gasteiger partial charge is 0.119 e. The van der Waals surface area contributed by atoms with Crippen molar-refractivity contribution in [3.05, 3.63) is 145 Å². The van der Waals surface area contributed by atoms with Crippen LogP contribution in [0.2, 0.25) is 0 Å². The average Bonchev–Trinajstić information content (AvgIpc) is 3.17. The SMILES string of the molecule is COc1ccc(N(c2cccc(C)c2)c2cc(N(c3ccc(OC)cc3)c3cccc(C)c3)c3cccccc2-3)cc1. The van der Waals surface area contributed by atoms with Crippen molar-refractivity contribution >= 4 is 34.1 Å². The maximum atomic E-state index is 5.49. The molecule has 0 N–H and O–H groups in total. The van der Waals surface area contributed by atoms with Gasteiger partial charge in [0.1, 0.15) is 11.5 Å². The van der Waals surface area contributed by atoms with Gasteiger partial charge in [-0.3, -0.25) is 0 Å². The van der Waals surface area contributed by atoms with E-state index >= 15 is 0 Å². The summed E-state index contributed by atoms with van der Waals surface area (Å²) in [5.41, 5.74) is 11.2. The Bertz CT molecular complexity index is 1650. The molecule has 2 aliphatic carbocycles. The van der Waals surface area contributed by atoms with Crippen molar-refractivity contribution in [2.24, 2.45) is 0 Å². The van der Waals surface area contributed by atoms with E-state index in [1.807, 2.05) is 24.3 Å². The zero-order valence-electron chi connectivity index (χ0n) is 24.4. The van der Waals surface area contributed by atoms with Gasteiger partial charge in [0, 0.05) is 33.9 Å². The van der Waals surface area contributed by atoms with Gasteiger partial charge in [0.25, 0.3) is 0 Å². The Balaban J connectivity index is 1.62. The van der Waals surface area contributed by atoms with Crippen LogP contribution in [0, 0.1) is 13.8 Å². The number of hydrogen-bond acceptors (Lipinski definition) is 4. The lowest BCUT2D eigenvalue weighted by atomic mass is 10.1. The van der Waals surface area contributed by atoms with Crippen molar-refractivity contribution in [3.8, 4) is 22.6 Å². The summed E-state index contributed by atoms with van der Waals surface area (Å²) in [5.74, 6) is 1.65. The quantitative estimate of drug-likeness (QED) is 0.188. The Hall–Kier alpha value is -5.22. The van der Waals surface area contributed by atoms with E-state index in [0.29, 0.717) is 0 Å². The first-order valence-corrected chi connectivity index (χ1v) is 14.1. The Morgan fingerprint density at radius 3 is 1.21 bits per heavy atom. The summed E-state index contributed by atoms with van der Waals surface area (Å²) in [6.07, 6.45) is 0. The molecule has 0 amide bonds. The highest BCUT2D eigenvalue weighted by atomic mass is 16.5. The van der Waals surface area contributed by atoms with Crippen LogP contribution in [-0.2, 0) is 0 Å². The monoisotopic (exact) mass is 550 g/mol. The van der Waals surface area contributed by atoms with Gasteiger partial charge in [-0.1, -0.05) is 54.6 Å². The van der Waals surface area contributed by atoms with Crippen LogP contribution in [0.5, 0.6) is 11.5 Å². The van der Waals surface area contributed by atoms with E-state index in [4.69, 9.17) is 9.47 Å². The fourth-order valence-corrected chi connectivity index (χ4v) is 5.50. The molecule has 42 heavy (non-hydrogen) atoms. The lowest BCUT2D eigenvalue weighted by molar-refractivity contribution is 0.414. The molecule has 4 heteroatoms. The fraction of sp³-hybridized carbons (Fsp3) is 0.105. The Morgan fingerprint density at radius 1 is 0.405 bits per heavy atom. The van der Waals surface area contributed by atoms with Crippen LogP contribution in [0.25, 0.3) is 11.1 Å². The first kappa shape index (κ1) is 27.0. The van der Waals surface area contributed by atoms with Gasteiger partial charge in [-0.2, -0.15) is 0 Å². The number of benzene rings is 4. The molecular weight excluding hydrogens is 516 g/mol. The molecule has 4 aromatic carbocycles. The summed E-state index contributed by atoms with van der Waals surface area (Å²) >= 11 is 0. The maximum absolute atomic E-state index is 5.49. The molecule has 0 aliphatic heterocycles. The zero-order chi connectivity index (χ0) is 29.1. The van der Waals surface area contributed by atoms with Crippen LogP contribution < -0.4 is 19.3 Å². The van der Waals surface area contributed by atoms with Gasteiger partial charge < -0.3 is 19.3 Å². The third kappa shape index (κ3) is 5.27. The van der Waals surface area contributed by atoms with Crippen LogP contribution in [0.4, 0.5) is 34.1 Å². The molecule has 0 fully saturated rings. The molecule has 0 bridgehead atoms. The van der Waals surface area contributed by atoms with Gasteiger partial charge in [0.2, 0.25) is 0 Å². The van der Waals surface area contributed by atoms with E-state index in [9.17, 15) is 0 Å². The topological polar surface area (TPSA) is 24.9 Å². The molecule has 0 saturated carbocycles. The lowest BCUT2D eigenvalue weighted by Gasteiger charge is -2.26. The largest absolute Gasteiger partial charge is 0.497 e. The van der Waals surface area contributed by atoms with Gasteiger partial charge >= 0.3 is 0 Å². The van der Waals surface area contributed by atoms with Gasteiger partial charge in [0.05, 0.1) is 25.6 Å². The van der Waals surface area contributed by atoms with E-state index in [2.05, 4.69) is 133 Å². The summed E-state index contributed by atoms with van der Waals surface area (Å²) in [6, 6.07) is 46.9. The second-order valence-corrected chi connectivity index (χ2v) is 10.4. The number of methoxy groups -OCH3 is 2. The Kier molecular flexibility index (Phi) is 7.52. The van der Waals surface area contributed by atoms with E-state index < -0.39 is 0 Å². The minimum atomic E-state index is 0.826. The van der Waals surface area contributed by atoms with Crippen LogP contribution in [-0.4, -0.2) is 14.2 Å². The van der Waals surface area contributed by atoms with Crippen LogP contribution >= 0.6 is 0 Å². The zero-order valence-corrected chi connectivity index (χ0v) is 24.4. The van der Waals surface area contributed by atoms with E-state index in [1.165, 1.54) is 11.1 Å². The summed E-state index contributed by atoms with van der Waals surface area (Å²) < 4.78 is 11.0. The molecule has 6 rings (SSSR count). The average molecular weight is 551 g/mol. The second kappa shape index (κ2) is 11.7. The standard InChI is InChI=1S/C38H34N2O2/c1-27-10-8-12-31(24-27)39(29-16-20-33(41-3)21-17-29)37-26-38(36-15-7-5-6-14-35(36)37)40(32-13-9-11-28(2)25-32)30-18-22-34(42-4)23-19-30/h5-26H,1-4H3. The van der Waals surface area contributed by atoms with E-state index in [1.54, 1.807) is 14.2 Å². The molecule has 0 atom stereocenters. The van der Waals surface area contributed by atoms with Crippen LogP contribution in [0.3, 0.4) is 0 Å². The molecule has 0 aromatic heterocycles. The number of rotatable bonds is 8.